The van der Waals surface area contributed by atoms with E-state index in [4.69, 9.17) is 11.6 Å². The molecule has 2 nitrogen and oxygen atoms in total. The number of hydrogen-bond acceptors (Lipinski definition) is 2. The molecule has 0 saturated carbocycles. The van der Waals surface area contributed by atoms with Crippen LogP contribution in [-0.2, 0) is 0 Å². The molecule has 1 heterocycles. The van der Waals surface area contributed by atoms with Crippen molar-refractivity contribution in [2.45, 2.75) is 25.8 Å². The highest BCUT2D eigenvalue weighted by molar-refractivity contribution is 6.25. The third-order valence-corrected chi connectivity index (χ3v) is 2.95. The highest BCUT2D eigenvalue weighted by atomic mass is 35.5. The summed E-state index contributed by atoms with van der Waals surface area (Å²) in [6.07, 6.45) is 2.59. The molecule has 1 N–H and O–H groups in total. The Kier molecular flexibility index (Phi) is 4.78. The van der Waals surface area contributed by atoms with Gasteiger partial charge in [-0.3, -0.25) is 4.90 Å². The molecule has 3 heteroatoms. The zero-order valence-electron chi connectivity index (χ0n) is 8.52. The number of piperidine rings is 1. The Labute approximate surface area is 85.9 Å². The summed E-state index contributed by atoms with van der Waals surface area (Å²) in [5, 5.41) is 3.41. The average Bonchev–Trinajstić information content (AvgIpc) is 2.19. The Bertz CT molecular complexity index is 174. The molecule has 1 atom stereocenters. The molecule has 0 aromatic rings. The van der Waals surface area contributed by atoms with Crippen molar-refractivity contribution in [3.05, 3.63) is 11.1 Å². The number of hydrogen-bond donors (Lipinski definition) is 1. The largest absolute Gasteiger partial charge is 0.315 e. The fraction of sp³-hybridized carbons (Fsp3) is 0.800. The maximum Gasteiger partial charge on any atom is 0.0221 e. The van der Waals surface area contributed by atoms with Crippen LogP contribution >= 0.6 is 11.6 Å². The van der Waals surface area contributed by atoms with Crippen LogP contribution in [0.5, 0.6) is 0 Å². The maximum atomic E-state index is 5.63. The molecule has 0 aromatic carbocycles. The molecule has 76 valence electrons. The molecule has 1 saturated heterocycles. The number of rotatable bonds is 3. The maximum absolute atomic E-state index is 5.63. The minimum Gasteiger partial charge on any atom is -0.315 e. The highest BCUT2D eigenvalue weighted by Gasteiger charge is 2.17. The molecular weight excluding hydrogens is 184 g/mol. The predicted octanol–water partition coefficient (Wildman–Crippen LogP) is 1.81. The quantitative estimate of drug-likeness (QED) is 0.751. The molecule has 13 heavy (non-hydrogen) atoms. The van der Waals surface area contributed by atoms with E-state index in [0.29, 0.717) is 6.04 Å². The predicted molar refractivity (Wildman–Crippen MR) is 58.1 cm³/mol. The van der Waals surface area contributed by atoms with Gasteiger partial charge in [-0.25, -0.2) is 0 Å². The van der Waals surface area contributed by atoms with Crippen LogP contribution in [0, 0.1) is 0 Å². The Morgan fingerprint density at radius 3 is 3.00 bits per heavy atom. The van der Waals surface area contributed by atoms with E-state index in [9.17, 15) is 0 Å². The molecule has 1 rings (SSSR count). The summed E-state index contributed by atoms with van der Waals surface area (Å²) in [6.45, 7) is 5.34. The summed E-state index contributed by atoms with van der Waals surface area (Å²) in [5.41, 5.74) is 2.90. The summed E-state index contributed by atoms with van der Waals surface area (Å²) in [5.74, 6) is 0. The Morgan fingerprint density at radius 1 is 1.69 bits per heavy atom. The van der Waals surface area contributed by atoms with E-state index in [1.165, 1.54) is 25.0 Å². The summed E-state index contributed by atoms with van der Waals surface area (Å²) in [4.78, 5) is 2.38. The van der Waals surface area contributed by atoms with E-state index in [2.05, 4.69) is 24.2 Å². The van der Waals surface area contributed by atoms with Crippen molar-refractivity contribution in [3.63, 3.8) is 0 Å². The smallest absolute Gasteiger partial charge is 0.0221 e. The molecule has 0 aliphatic carbocycles. The lowest BCUT2D eigenvalue weighted by Crippen LogP contribution is -2.44. The topological polar surface area (TPSA) is 15.3 Å². The molecule has 0 aromatic heterocycles. The van der Waals surface area contributed by atoms with E-state index in [1.807, 2.05) is 0 Å². The molecule has 0 radical (unpaired) electrons. The summed E-state index contributed by atoms with van der Waals surface area (Å²) < 4.78 is 0. The second kappa shape index (κ2) is 5.63. The number of halogens is 1. The molecule has 0 spiro atoms. The van der Waals surface area contributed by atoms with Crippen molar-refractivity contribution in [2.24, 2.45) is 0 Å². The van der Waals surface area contributed by atoms with Crippen molar-refractivity contribution in [2.75, 3.05) is 26.7 Å². The van der Waals surface area contributed by atoms with Crippen molar-refractivity contribution in [3.8, 4) is 0 Å². The Hall–Kier alpha value is -0.0500. The van der Waals surface area contributed by atoms with E-state index in [1.54, 1.807) is 5.54 Å². The normalized spacial score (nSPS) is 25.2. The molecule has 0 amide bonds. The molecule has 1 aliphatic heterocycles. The highest BCUT2D eigenvalue weighted by Crippen LogP contribution is 2.10. The van der Waals surface area contributed by atoms with Gasteiger partial charge in [-0.1, -0.05) is 11.6 Å². The number of nitrogens with one attached hydrogen (secondary N) is 1. The Morgan fingerprint density at radius 2 is 2.46 bits per heavy atom. The van der Waals surface area contributed by atoms with Gasteiger partial charge < -0.3 is 5.32 Å². The van der Waals surface area contributed by atoms with Crippen LogP contribution < -0.4 is 5.32 Å². The first-order valence-electron chi connectivity index (χ1n) is 4.91. The van der Waals surface area contributed by atoms with Crippen molar-refractivity contribution in [1.29, 1.82) is 0 Å². The van der Waals surface area contributed by atoms with Crippen LogP contribution in [-0.4, -0.2) is 37.6 Å². The average molecular weight is 203 g/mol. The molecule has 0 bridgehead atoms. The third-order valence-electron chi connectivity index (χ3n) is 2.58. The van der Waals surface area contributed by atoms with Gasteiger partial charge in [0.15, 0.2) is 0 Å². The van der Waals surface area contributed by atoms with Gasteiger partial charge in [0.25, 0.3) is 0 Å². The van der Waals surface area contributed by atoms with Crippen LogP contribution in [0.15, 0.2) is 11.1 Å². The van der Waals surface area contributed by atoms with Crippen LogP contribution in [0.1, 0.15) is 19.8 Å². The van der Waals surface area contributed by atoms with Gasteiger partial charge in [0.2, 0.25) is 0 Å². The van der Waals surface area contributed by atoms with Crippen molar-refractivity contribution < 1.29 is 0 Å². The van der Waals surface area contributed by atoms with Gasteiger partial charge in [-0.05, 0) is 38.9 Å². The van der Waals surface area contributed by atoms with Gasteiger partial charge in [0, 0.05) is 24.7 Å². The van der Waals surface area contributed by atoms with Gasteiger partial charge >= 0.3 is 0 Å². The van der Waals surface area contributed by atoms with Gasteiger partial charge in [0.1, 0.15) is 0 Å². The lowest BCUT2D eigenvalue weighted by Gasteiger charge is -2.31. The summed E-state index contributed by atoms with van der Waals surface area (Å²) in [6, 6.07) is 0.681. The van der Waals surface area contributed by atoms with Crippen molar-refractivity contribution in [1.82, 2.24) is 10.2 Å². The lowest BCUT2D eigenvalue weighted by atomic mass is 10.1. The number of nitrogens with zero attached hydrogens (tertiary/aromatic N) is 1. The molecule has 1 aliphatic rings. The molecular formula is C10H19ClN2. The van der Waals surface area contributed by atoms with E-state index in [-0.39, 0.29) is 0 Å². The second-order valence-electron chi connectivity index (χ2n) is 3.87. The first-order valence-corrected chi connectivity index (χ1v) is 5.34. The van der Waals surface area contributed by atoms with Crippen LogP contribution in [0.4, 0.5) is 0 Å². The summed E-state index contributed by atoms with van der Waals surface area (Å²) >= 11 is 5.63. The van der Waals surface area contributed by atoms with E-state index >= 15 is 0 Å². The minimum absolute atomic E-state index is 0.681. The van der Waals surface area contributed by atoms with Crippen LogP contribution in [0.2, 0.25) is 0 Å². The first-order chi connectivity index (χ1) is 6.24. The zero-order chi connectivity index (χ0) is 9.68. The van der Waals surface area contributed by atoms with Crippen molar-refractivity contribution >= 4 is 11.6 Å². The molecule has 1 fully saturated rings. The van der Waals surface area contributed by atoms with E-state index < -0.39 is 0 Å². The molecule has 1 unspecified atom stereocenters. The monoisotopic (exact) mass is 202 g/mol. The fourth-order valence-electron chi connectivity index (χ4n) is 1.77. The second-order valence-corrected chi connectivity index (χ2v) is 4.09. The number of likely N-dealkylation sites (N-methyl/N-ethyl adjacent to an activating group) is 1. The first kappa shape index (κ1) is 11.0. The fourth-order valence-corrected chi connectivity index (χ4v) is 1.84. The van der Waals surface area contributed by atoms with Gasteiger partial charge in [-0.2, -0.15) is 0 Å². The van der Waals surface area contributed by atoms with Gasteiger partial charge in [-0.15, -0.1) is 0 Å². The SMILES string of the molecule is CC(=CCl)CN(C)C1CCCNC1. The lowest BCUT2D eigenvalue weighted by molar-refractivity contribution is 0.217. The third kappa shape index (κ3) is 3.67. The standard InChI is InChI=1S/C10H19ClN2/c1-9(6-11)8-13(2)10-4-3-5-12-7-10/h6,10,12H,3-5,7-8H2,1-2H3. The summed E-state index contributed by atoms with van der Waals surface area (Å²) in [7, 11) is 2.17. The zero-order valence-corrected chi connectivity index (χ0v) is 9.27. The minimum atomic E-state index is 0.681. The van der Waals surface area contributed by atoms with Gasteiger partial charge in [0.05, 0.1) is 0 Å². The Balaban J connectivity index is 2.32. The van der Waals surface area contributed by atoms with Crippen LogP contribution in [0.25, 0.3) is 0 Å². The van der Waals surface area contributed by atoms with Crippen LogP contribution in [0.3, 0.4) is 0 Å². The van der Waals surface area contributed by atoms with E-state index in [0.717, 1.165) is 13.1 Å².